The maximum absolute atomic E-state index is 14.1. The van der Waals surface area contributed by atoms with Crippen molar-refractivity contribution in [3.05, 3.63) is 29.6 Å². The summed E-state index contributed by atoms with van der Waals surface area (Å²) in [5.74, 6) is 0.417. The summed E-state index contributed by atoms with van der Waals surface area (Å²) in [6, 6.07) is 6.82. The van der Waals surface area contributed by atoms with Gasteiger partial charge >= 0.3 is 6.18 Å². The largest absolute Gasteiger partial charge is 0.394 e. The molecule has 11 heteroatoms. The van der Waals surface area contributed by atoms with Gasteiger partial charge in [0.25, 0.3) is 0 Å². The van der Waals surface area contributed by atoms with Crippen molar-refractivity contribution in [1.82, 2.24) is 9.55 Å². The summed E-state index contributed by atoms with van der Waals surface area (Å²) in [5, 5.41) is 5.79. The van der Waals surface area contributed by atoms with Crippen LogP contribution in [-0.2, 0) is 22.5 Å². The highest BCUT2D eigenvalue weighted by Crippen LogP contribution is 2.62. The molecule has 0 aliphatic heterocycles. The molecular weight excluding hydrogens is 529 g/mol. The van der Waals surface area contributed by atoms with Crippen molar-refractivity contribution in [3.63, 3.8) is 0 Å². The Balaban J connectivity index is 1.75. The van der Waals surface area contributed by atoms with E-state index >= 15 is 0 Å². The monoisotopic (exact) mass is 572 g/mol. The third kappa shape index (κ3) is 6.71. The second kappa shape index (κ2) is 10.6. The van der Waals surface area contributed by atoms with Crippen LogP contribution in [0, 0.1) is 11.3 Å². The van der Waals surface area contributed by atoms with E-state index in [0.29, 0.717) is 23.9 Å². The number of ether oxygens (including phenoxy) is 1. The topological polar surface area (TPSA) is 96.2 Å². The third-order valence-electron chi connectivity index (χ3n) is 8.27. The van der Waals surface area contributed by atoms with Crippen LogP contribution in [-0.4, -0.2) is 39.4 Å². The van der Waals surface area contributed by atoms with Gasteiger partial charge < -0.3 is 15.0 Å². The third-order valence-corrected chi connectivity index (χ3v) is 11.2. The van der Waals surface area contributed by atoms with Crippen LogP contribution in [0.2, 0.25) is 25.7 Å². The van der Waals surface area contributed by atoms with Crippen LogP contribution in [0.25, 0.3) is 11.0 Å². The molecule has 3 atom stereocenters. The number of nitrogens with two attached hydrogens (primary N) is 2. The van der Waals surface area contributed by atoms with Crippen molar-refractivity contribution in [2.75, 3.05) is 6.61 Å². The molecule has 6 nitrogen and oxygen atoms in total. The fraction of sp³-hybridized carbons (Fsp3) is 0.741. The number of rotatable bonds is 13. The second-order valence-electron chi connectivity index (χ2n) is 13.3. The lowest BCUT2D eigenvalue weighted by molar-refractivity contribution is -0.190. The Bertz CT molecular complexity index is 1170. The number of hydrogen-bond acceptors (Lipinski definition) is 4. The van der Waals surface area contributed by atoms with E-state index in [1.165, 1.54) is 0 Å². The molecule has 1 aromatic carbocycles. The van der Waals surface area contributed by atoms with Gasteiger partial charge in [0.2, 0.25) is 0 Å². The van der Waals surface area contributed by atoms with Gasteiger partial charge in [-0.15, -0.1) is 0 Å². The van der Waals surface area contributed by atoms with Crippen molar-refractivity contribution >= 4 is 30.1 Å². The number of benzene rings is 1. The molecule has 1 unspecified atom stereocenters. The number of hydrogen-bond donors (Lipinski definition) is 2. The van der Waals surface area contributed by atoms with Crippen LogP contribution in [0.5, 0.6) is 0 Å². The van der Waals surface area contributed by atoms with E-state index in [2.05, 4.69) is 19.6 Å². The fourth-order valence-electron chi connectivity index (χ4n) is 5.23. The average Bonchev–Trinajstić information content (AvgIpc) is 3.72. The molecular formula is C27H43F3N4O2SSi. The lowest BCUT2D eigenvalue weighted by Crippen LogP contribution is -2.36. The zero-order valence-corrected chi connectivity index (χ0v) is 25.1. The molecule has 214 valence electrons. The van der Waals surface area contributed by atoms with E-state index in [0.717, 1.165) is 30.0 Å². The maximum Gasteiger partial charge on any atom is 0.394 e. The van der Waals surface area contributed by atoms with Crippen LogP contribution >= 0.6 is 0 Å². The fourth-order valence-corrected chi connectivity index (χ4v) is 6.35. The Kier molecular flexibility index (Phi) is 8.29. The number of halogens is 3. The number of imidazole rings is 1. The molecule has 2 aromatic rings. The molecule has 1 heterocycles. The number of alkyl halides is 3. The van der Waals surface area contributed by atoms with Crippen molar-refractivity contribution in [2.45, 2.75) is 108 Å². The molecule has 2 saturated carbocycles. The van der Waals surface area contributed by atoms with Gasteiger partial charge in [0.05, 0.1) is 32.2 Å². The van der Waals surface area contributed by atoms with Crippen LogP contribution in [0.15, 0.2) is 18.2 Å². The van der Waals surface area contributed by atoms with Crippen molar-refractivity contribution in [1.29, 1.82) is 0 Å². The van der Waals surface area contributed by atoms with Crippen molar-refractivity contribution < 1.29 is 22.1 Å². The van der Waals surface area contributed by atoms with Crippen molar-refractivity contribution in [3.8, 4) is 0 Å². The SMILES string of the molecule is CC(C)(C[C@H](CC1(C(F)(F)F)CC1)c1nc2ccc([C@H](N)C3CC3)cc2n1COCC[Si](C)(C)C)S(N)=O. The maximum atomic E-state index is 14.1. The standard InChI is InChI=1S/C27H43F3N4O2SSi/c1-25(2,37(32)35)15-20(16-26(10-11-26)27(28,29)30)24-33-21-9-8-19(23(31)18-6-7-18)14-22(21)34(24)17-36-12-13-38(3,4)5/h8-9,14,18,20,23H,6-7,10-13,15-17,31-32H2,1-5H3/t20-,23-,37?/m1/s1. The Morgan fingerprint density at radius 3 is 2.42 bits per heavy atom. The van der Waals surface area contributed by atoms with E-state index in [9.17, 15) is 17.4 Å². The molecule has 0 amide bonds. The smallest absolute Gasteiger partial charge is 0.361 e. The Labute approximate surface area is 227 Å². The van der Waals surface area contributed by atoms with Crippen LogP contribution in [0.3, 0.4) is 0 Å². The molecule has 0 saturated heterocycles. The number of aromatic nitrogens is 2. The predicted octanol–water partition coefficient (Wildman–Crippen LogP) is 6.37. The highest BCUT2D eigenvalue weighted by atomic mass is 32.2. The first-order chi connectivity index (χ1) is 17.5. The number of nitrogens with zero attached hydrogens (tertiary/aromatic N) is 2. The first-order valence-electron chi connectivity index (χ1n) is 13.6. The molecule has 2 aliphatic carbocycles. The summed E-state index contributed by atoms with van der Waals surface area (Å²) in [6.45, 7) is 11.1. The van der Waals surface area contributed by atoms with Gasteiger partial charge in [-0.1, -0.05) is 25.7 Å². The predicted molar refractivity (Wildman–Crippen MR) is 150 cm³/mol. The molecule has 4 N–H and O–H groups in total. The molecule has 2 aliphatic rings. The summed E-state index contributed by atoms with van der Waals surface area (Å²) >= 11 is 0. The Morgan fingerprint density at radius 1 is 1.24 bits per heavy atom. The lowest BCUT2D eigenvalue weighted by Gasteiger charge is -2.31. The van der Waals surface area contributed by atoms with E-state index in [4.69, 9.17) is 20.6 Å². The second-order valence-corrected chi connectivity index (χ2v) is 20.6. The lowest BCUT2D eigenvalue weighted by atomic mass is 9.84. The van der Waals surface area contributed by atoms with E-state index < -0.39 is 41.3 Å². The number of fused-ring (bicyclic) bond motifs is 1. The average molecular weight is 573 g/mol. The van der Waals surface area contributed by atoms with Gasteiger partial charge in [-0.2, -0.15) is 13.2 Å². The van der Waals surface area contributed by atoms with Gasteiger partial charge in [-0.3, -0.25) is 5.14 Å². The van der Waals surface area contributed by atoms with Gasteiger partial charge in [-0.05, 0) is 82.0 Å². The Hall–Kier alpha value is -1.27. The minimum Gasteiger partial charge on any atom is -0.361 e. The normalized spacial score (nSPS) is 20.5. The van der Waals surface area contributed by atoms with Crippen molar-refractivity contribution in [2.24, 2.45) is 22.2 Å². The minimum absolute atomic E-state index is 0.0756. The van der Waals surface area contributed by atoms with E-state index in [1.807, 2.05) is 22.8 Å². The van der Waals surface area contributed by atoms with Gasteiger partial charge in [0.15, 0.2) is 0 Å². The summed E-state index contributed by atoms with van der Waals surface area (Å²) in [7, 11) is -3.04. The zero-order valence-electron chi connectivity index (χ0n) is 23.2. The van der Waals surface area contributed by atoms with E-state index in [1.54, 1.807) is 13.8 Å². The van der Waals surface area contributed by atoms with Gasteiger partial charge in [0.1, 0.15) is 12.6 Å². The summed E-state index contributed by atoms with van der Waals surface area (Å²) < 4.78 is 61.9. The van der Waals surface area contributed by atoms with Crippen LogP contribution < -0.4 is 10.9 Å². The summed E-state index contributed by atoms with van der Waals surface area (Å²) in [4.78, 5) is 4.88. The molecule has 38 heavy (non-hydrogen) atoms. The quantitative estimate of drug-likeness (QED) is 0.215. The van der Waals surface area contributed by atoms with Crippen LogP contribution in [0.4, 0.5) is 13.2 Å². The van der Waals surface area contributed by atoms with E-state index in [-0.39, 0.29) is 38.5 Å². The van der Waals surface area contributed by atoms with Crippen LogP contribution in [0.1, 0.15) is 75.7 Å². The van der Waals surface area contributed by atoms with Gasteiger partial charge in [-0.25, -0.2) is 9.19 Å². The first-order valence-corrected chi connectivity index (χ1v) is 18.5. The molecule has 4 rings (SSSR count). The molecule has 0 spiro atoms. The molecule has 0 radical (unpaired) electrons. The highest BCUT2D eigenvalue weighted by Gasteiger charge is 2.63. The molecule has 2 fully saturated rings. The Morgan fingerprint density at radius 2 is 1.89 bits per heavy atom. The minimum atomic E-state index is -4.30. The molecule has 1 aromatic heterocycles. The highest BCUT2D eigenvalue weighted by molar-refractivity contribution is 7.84. The summed E-state index contributed by atoms with van der Waals surface area (Å²) in [5.41, 5.74) is 7.29. The summed E-state index contributed by atoms with van der Waals surface area (Å²) in [6.07, 6.45) is -1.76. The zero-order chi connectivity index (χ0) is 28.1. The van der Waals surface area contributed by atoms with Gasteiger partial charge in [0, 0.05) is 26.6 Å². The molecule has 0 bridgehead atoms. The first kappa shape index (κ1) is 29.7.